The largest absolute Gasteiger partial charge is 0.486 e. The molecule has 1 unspecified atom stereocenters. The number of benzene rings is 2. The van der Waals surface area contributed by atoms with Gasteiger partial charge in [0.05, 0.1) is 16.0 Å². The van der Waals surface area contributed by atoms with Crippen molar-refractivity contribution in [1.29, 1.82) is 0 Å². The minimum absolute atomic E-state index is 0.208. The number of hydrogen-bond acceptors (Lipinski definition) is 5. The Morgan fingerprint density at radius 3 is 2.81 bits per heavy atom. The average molecular weight is 477 g/mol. The molecule has 6 nitrogen and oxygen atoms in total. The summed E-state index contributed by atoms with van der Waals surface area (Å²) in [6, 6.07) is 12.7. The molecule has 162 valence electrons. The van der Waals surface area contributed by atoms with Gasteiger partial charge in [-0.3, -0.25) is 9.36 Å². The summed E-state index contributed by atoms with van der Waals surface area (Å²) in [7, 11) is 0. The van der Waals surface area contributed by atoms with Crippen LogP contribution in [0.1, 0.15) is 18.3 Å². The lowest BCUT2D eigenvalue weighted by atomic mass is 10.2. The molecule has 1 N–H and O–H groups in total. The van der Waals surface area contributed by atoms with Gasteiger partial charge in [0, 0.05) is 11.6 Å². The maximum Gasteiger partial charge on any atom is 0.237 e. The number of aromatic nitrogens is 3. The van der Waals surface area contributed by atoms with Gasteiger partial charge in [-0.1, -0.05) is 53.2 Å². The van der Waals surface area contributed by atoms with Gasteiger partial charge in [-0.05, 0) is 49.7 Å². The fraction of sp³-hybridized carbons (Fsp3) is 0.227. The van der Waals surface area contributed by atoms with Crippen molar-refractivity contribution in [3.63, 3.8) is 0 Å². The van der Waals surface area contributed by atoms with Crippen molar-refractivity contribution >= 4 is 46.6 Å². The van der Waals surface area contributed by atoms with Gasteiger partial charge in [0.25, 0.3) is 0 Å². The molecule has 1 atom stereocenters. The van der Waals surface area contributed by atoms with E-state index in [4.69, 9.17) is 27.9 Å². The monoisotopic (exact) mass is 476 g/mol. The number of allylic oxidation sites excluding steroid dienone is 1. The molecule has 31 heavy (non-hydrogen) atoms. The van der Waals surface area contributed by atoms with Crippen LogP contribution in [-0.2, 0) is 17.9 Å². The zero-order valence-electron chi connectivity index (χ0n) is 17.1. The highest BCUT2D eigenvalue weighted by molar-refractivity contribution is 8.00. The molecule has 0 radical (unpaired) electrons. The number of anilines is 1. The quantitative estimate of drug-likeness (QED) is 0.313. The van der Waals surface area contributed by atoms with Gasteiger partial charge in [0.2, 0.25) is 5.91 Å². The van der Waals surface area contributed by atoms with Crippen molar-refractivity contribution in [2.75, 3.05) is 5.32 Å². The van der Waals surface area contributed by atoms with Crippen LogP contribution in [0.15, 0.2) is 60.3 Å². The van der Waals surface area contributed by atoms with E-state index in [0.717, 1.165) is 11.3 Å². The molecule has 0 spiro atoms. The Morgan fingerprint density at radius 1 is 1.29 bits per heavy atom. The third-order valence-corrected chi connectivity index (χ3v) is 5.93. The number of nitrogens with one attached hydrogen (secondary N) is 1. The SMILES string of the molecule is C=CCn1c(COc2cccc(C)c2)nnc1SC(C)C(=O)Nc1ccc(Cl)cc1Cl. The molecule has 1 aromatic heterocycles. The van der Waals surface area contributed by atoms with Crippen LogP contribution in [0, 0.1) is 6.92 Å². The lowest BCUT2D eigenvalue weighted by molar-refractivity contribution is -0.115. The number of halogens is 2. The van der Waals surface area contributed by atoms with E-state index in [1.54, 1.807) is 31.2 Å². The molecule has 0 aliphatic carbocycles. The van der Waals surface area contributed by atoms with Gasteiger partial charge in [0.1, 0.15) is 12.4 Å². The van der Waals surface area contributed by atoms with Gasteiger partial charge >= 0.3 is 0 Å². The second-order valence-corrected chi connectivity index (χ2v) is 8.93. The highest BCUT2D eigenvalue weighted by Crippen LogP contribution is 2.28. The summed E-state index contributed by atoms with van der Waals surface area (Å²) < 4.78 is 7.74. The zero-order valence-corrected chi connectivity index (χ0v) is 19.5. The Balaban J connectivity index is 1.68. The molecule has 0 fully saturated rings. The number of carbonyl (C=O) groups is 1. The van der Waals surface area contributed by atoms with Crippen LogP contribution < -0.4 is 10.1 Å². The summed E-state index contributed by atoms with van der Waals surface area (Å²) in [6.07, 6.45) is 1.75. The Bertz CT molecular complexity index is 1090. The topological polar surface area (TPSA) is 69.0 Å². The number of amides is 1. The number of aryl methyl sites for hydroxylation is 1. The molecule has 0 bridgehead atoms. The highest BCUT2D eigenvalue weighted by Gasteiger charge is 2.21. The second kappa shape index (κ2) is 10.7. The molecule has 0 saturated carbocycles. The minimum atomic E-state index is -0.440. The zero-order chi connectivity index (χ0) is 22.4. The maximum absolute atomic E-state index is 12.6. The first-order chi connectivity index (χ1) is 14.9. The summed E-state index contributed by atoms with van der Waals surface area (Å²) >= 11 is 13.3. The highest BCUT2D eigenvalue weighted by atomic mass is 35.5. The van der Waals surface area contributed by atoms with Crippen LogP contribution in [0.25, 0.3) is 0 Å². The molecule has 2 aromatic carbocycles. The number of nitrogens with zero attached hydrogens (tertiary/aromatic N) is 3. The molecule has 3 rings (SSSR count). The van der Waals surface area contributed by atoms with E-state index in [1.165, 1.54) is 11.8 Å². The third-order valence-electron chi connectivity index (χ3n) is 4.30. The summed E-state index contributed by atoms with van der Waals surface area (Å²) in [6.45, 7) is 8.36. The van der Waals surface area contributed by atoms with E-state index in [2.05, 4.69) is 22.1 Å². The first-order valence-electron chi connectivity index (χ1n) is 9.52. The van der Waals surface area contributed by atoms with Gasteiger partial charge in [-0.15, -0.1) is 16.8 Å². The first kappa shape index (κ1) is 23.2. The van der Waals surface area contributed by atoms with Crippen LogP contribution >= 0.6 is 35.0 Å². The van der Waals surface area contributed by atoms with Gasteiger partial charge in [-0.2, -0.15) is 0 Å². The Hall–Kier alpha value is -2.48. The number of carbonyl (C=O) groups excluding carboxylic acids is 1. The van der Waals surface area contributed by atoms with Gasteiger partial charge < -0.3 is 10.1 Å². The molecule has 0 aliphatic heterocycles. The molecule has 0 aliphatic rings. The number of ether oxygens (including phenoxy) is 1. The predicted octanol–water partition coefficient (Wildman–Crippen LogP) is 5.78. The van der Waals surface area contributed by atoms with Crippen LogP contribution in [0.3, 0.4) is 0 Å². The van der Waals surface area contributed by atoms with Gasteiger partial charge in [-0.25, -0.2) is 0 Å². The van der Waals surface area contributed by atoms with Crippen LogP contribution in [-0.4, -0.2) is 25.9 Å². The Labute approximate surface area is 195 Å². The normalized spacial score (nSPS) is 11.7. The molecule has 1 heterocycles. The second-order valence-electron chi connectivity index (χ2n) is 6.78. The Kier molecular flexibility index (Phi) is 8.01. The van der Waals surface area contributed by atoms with E-state index in [0.29, 0.717) is 33.3 Å². The summed E-state index contributed by atoms with van der Waals surface area (Å²) in [5.74, 6) is 1.20. The summed E-state index contributed by atoms with van der Waals surface area (Å²) in [4.78, 5) is 12.6. The molecular formula is C22H22Cl2N4O2S. The molecule has 1 amide bonds. The van der Waals surface area contributed by atoms with Crippen LogP contribution in [0.2, 0.25) is 10.0 Å². The lowest BCUT2D eigenvalue weighted by Crippen LogP contribution is -2.23. The minimum Gasteiger partial charge on any atom is -0.486 e. The Morgan fingerprint density at radius 2 is 2.10 bits per heavy atom. The van der Waals surface area contributed by atoms with Crippen molar-refractivity contribution in [3.8, 4) is 5.75 Å². The third kappa shape index (κ3) is 6.26. The van der Waals surface area contributed by atoms with Crippen molar-refractivity contribution < 1.29 is 9.53 Å². The predicted molar refractivity (Wildman–Crippen MR) is 126 cm³/mol. The number of rotatable bonds is 9. The van der Waals surface area contributed by atoms with Crippen molar-refractivity contribution in [2.45, 2.75) is 37.4 Å². The van der Waals surface area contributed by atoms with Crippen LogP contribution in [0.5, 0.6) is 5.75 Å². The van der Waals surface area contributed by atoms with Crippen molar-refractivity contribution in [3.05, 3.63) is 76.6 Å². The van der Waals surface area contributed by atoms with Crippen molar-refractivity contribution in [2.24, 2.45) is 0 Å². The van der Waals surface area contributed by atoms with Crippen molar-refractivity contribution in [1.82, 2.24) is 14.8 Å². The number of thioether (sulfide) groups is 1. The van der Waals surface area contributed by atoms with E-state index in [1.807, 2.05) is 35.8 Å². The van der Waals surface area contributed by atoms with Crippen LogP contribution in [0.4, 0.5) is 5.69 Å². The summed E-state index contributed by atoms with van der Waals surface area (Å²) in [5, 5.41) is 12.4. The average Bonchev–Trinajstić information content (AvgIpc) is 3.10. The number of hydrogen-bond donors (Lipinski definition) is 1. The fourth-order valence-electron chi connectivity index (χ4n) is 2.72. The lowest BCUT2D eigenvalue weighted by Gasteiger charge is -2.14. The molecule has 9 heteroatoms. The standard InChI is InChI=1S/C22H22Cl2N4O2S/c1-4-10-28-20(13-30-17-7-5-6-14(2)11-17)26-27-22(28)31-15(3)21(29)25-19-9-8-16(23)12-18(19)24/h4-9,11-12,15H,1,10,13H2,2-3H3,(H,25,29). The fourth-order valence-corrected chi connectivity index (χ4v) is 4.05. The molecule has 3 aromatic rings. The van der Waals surface area contributed by atoms with E-state index in [-0.39, 0.29) is 12.5 Å². The first-order valence-corrected chi connectivity index (χ1v) is 11.2. The smallest absolute Gasteiger partial charge is 0.237 e. The van der Waals surface area contributed by atoms with E-state index in [9.17, 15) is 4.79 Å². The van der Waals surface area contributed by atoms with E-state index >= 15 is 0 Å². The van der Waals surface area contributed by atoms with E-state index < -0.39 is 5.25 Å². The summed E-state index contributed by atoms with van der Waals surface area (Å²) in [5.41, 5.74) is 1.62. The molecule has 0 saturated heterocycles. The maximum atomic E-state index is 12.6. The molecular weight excluding hydrogens is 455 g/mol. The van der Waals surface area contributed by atoms with Gasteiger partial charge in [0.15, 0.2) is 11.0 Å².